The van der Waals surface area contributed by atoms with Gasteiger partial charge >= 0.3 is 0 Å². The van der Waals surface area contributed by atoms with Crippen LogP contribution in [-0.4, -0.2) is 22.5 Å². The minimum atomic E-state index is -0.163. The normalized spacial score (nSPS) is 18.7. The number of rotatable bonds is 4. The monoisotopic (exact) mass is 359 g/mol. The molecule has 1 aliphatic rings. The summed E-state index contributed by atoms with van der Waals surface area (Å²) in [4.78, 5) is 12.1. The topological polar surface area (TPSA) is 53.8 Å². The molecule has 1 saturated heterocycles. The molecule has 1 amide bonds. The largest absolute Gasteiger partial charge is 0.303 e. The molecule has 5 heteroatoms. The van der Waals surface area contributed by atoms with Gasteiger partial charge in [-0.2, -0.15) is 5.10 Å². The standard InChI is InChI=1S/C21H17N3OS/c25-20-19(13-15-7-2-1-3-8-15)26-21(23-20)24-22-14-17-11-6-10-16-9-4-5-12-18(16)17/h1-12,14,19H,13H2,(H,23,24,25). The van der Waals surface area contributed by atoms with E-state index in [4.69, 9.17) is 0 Å². The minimum Gasteiger partial charge on any atom is -0.303 e. The van der Waals surface area contributed by atoms with Crippen molar-refractivity contribution in [1.29, 1.82) is 0 Å². The predicted molar refractivity (Wildman–Crippen MR) is 109 cm³/mol. The van der Waals surface area contributed by atoms with Crippen LogP contribution in [-0.2, 0) is 11.2 Å². The smallest absolute Gasteiger partial charge is 0.239 e. The van der Waals surface area contributed by atoms with Crippen molar-refractivity contribution in [3.8, 4) is 0 Å². The molecule has 4 rings (SSSR count). The molecule has 26 heavy (non-hydrogen) atoms. The van der Waals surface area contributed by atoms with Crippen molar-refractivity contribution in [2.75, 3.05) is 0 Å². The average Bonchev–Trinajstić information content (AvgIpc) is 3.02. The van der Waals surface area contributed by atoms with Gasteiger partial charge in [-0.15, -0.1) is 5.10 Å². The van der Waals surface area contributed by atoms with E-state index in [0.717, 1.165) is 21.9 Å². The molecule has 3 aromatic carbocycles. The summed E-state index contributed by atoms with van der Waals surface area (Å²) in [5, 5.41) is 13.8. The molecule has 0 aromatic heterocycles. The Morgan fingerprint density at radius 2 is 1.73 bits per heavy atom. The Kier molecular flexibility index (Phi) is 4.80. The Morgan fingerprint density at radius 3 is 2.62 bits per heavy atom. The first kappa shape index (κ1) is 16.5. The number of hydrogen-bond donors (Lipinski definition) is 1. The Hall–Kier alpha value is -2.92. The molecule has 1 unspecified atom stereocenters. The van der Waals surface area contributed by atoms with Crippen LogP contribution in [0.5, 0.6) is 0 Å². The zero-order valence-corrected chi connectivity index (χ0v) is 14.8. The van der Waals surface area contributed by atoms with Crippen molar-refractivity contribution >= 4 is 39.8 Å². The molecule has 1 heterocycles. The van der Waals surface area contributed by atoms with Gasteiger partial charge in [-0.1, -0.05) is 84.6 Å². The fraction of sp³-hybridized carbons (Fsp3) is 0.0952. The van der Waals surface area contributed by atoms with Crippen LogP contribution in [0.2, 0.25) is 0 Å². The van der Waals surface area contributed by atoms with Crippen molar-refractivity contribution in [1.82, 2.24) is 5.32 Å². The fourth-order valence-corrected chi connectivity index (χ4v) is 3.89. The molecular weight excluding hydrogens is 342 g/mol. The summed E-state index contributed by atoms with van der Waals surface area (Å²) in [5.41, 5.74) is 2.14. The highest BCUT2D eigenvalue weighted by atomic mass is 32.2. The van der Waals surface area contributed by atoms with E-state index in [2.05, 4.69) is 33.7 Å². The third kappa shape index (κ3) is 3.68. The molecule has 4 nitrogen and oxygen atoms in total. The third-order valence-electron chi connectivity index (χ3n) is 4.21. The SMILES string of the molecule is O=C1NC(=NN=Cc2cccc3ccccc23)SC1Cc1ccccc1. The summed E-state index contributed by atoms with van der Waals surface area (Å²) in [6.07, 6.45) is 2.41. The van der Waals surface area contributed by atoms with Crippen LogP contribution in [0.25, 0.3) is 10.8 Å². The van der Waals surface area contributed by atoms with Gasteiger partial charge in [0.1, 0.15) is 0 Å². The number of nitrogens with zero attached hydrogens (tertiary/aromatic N) is 2. The molecule has 0 bridgehead atoms. The maximum absolute atomic E-state index is 12.1. The summed E-state index contributed by atoms with van der Waals surface area (Å²) in [6.45, 7) is 0. The van der Waals surface area contributed by atoms with Gasteiger partial charge in [0.2, 0.25) is 5.91 Å². The maximum Gasteiger partial charge on any atom is 0.239 e. The molecule has 1 N–H and O–H groups in total. The lowest BCUT2D eigenvalue weighted by molar-refractivity contribution is -0.118. The molecule has 1 atom stereocenters. The quantitative estimate of drug-likeness (QED) is 0.565. The van der Waals surface area contributed by atoms with Gasteiger partial charge in [0.05, 0.1) is 11.5 Å². The number of fused-ring (bicyclic) bond motifs is 1. The number of thioether (sulfide) groups is 1. The van der Waals surface area contributed by atoms with E-state index in [1.54, 1.807) is 6.21 Å². The van der Waals surface area contributed by atoms with Crippen LogP contribution in [0.15, 0.2) is 83.0 Å². The summed E-state index contributed by atoms with van der Waals surface area (Å²) in [6, 6.07) is 24.2. The Labute approximate surface area is 156 Å². The lowest BCUT2D eigenvalue weighted by atomic mass is 10.1. The molecule has 1 aliphatic heterocycles. The van der Waals surface area contributed by atoms with Crippen LogP contribution < -0.4 is 5.32 Å². The van der Waals surface area contributed by atoms with Crippen LogP contribution in [0.3, 0.4) is 0 Å². The van der Waals surface area contributed by atoms with Gasteiger partial charge in [0, 0.05) is 5.56 Å². The van der Waals surface area contributed by atoms with Crippen molar-refractivity contribution in [3.63, 3.8) is 0 Å². The van der Waals surface area contributed by atoms with Crippen molar-refractivity contribution in [3.05, 3.63) is 83.9 Å². The summed E-state index contributed by atoms with van der Waals surface area (Å²) >= 11 is 1.43. The number of carbonyl (C=O) groups is 1. The first-order chi connectivity index (χ1) is 12.8. The highest BCUT2D eigenvalue weighted by molar-refractivity contribution is 8.15. The van der Waals surface area contributed by atoms with E-state index >= 15 is 0 Å². The number of nitrogens with one attached hydrogen (secondary N) is 1. The average molecular weight is 359 g/mol. The molecule has 0 saturated carbocycles. The molecule has 128 valence electrons. The molecule has 3 aromatic rings. The molecule has 0 aliphatic carbocycles. The predicted octanol–water partition coefficient (Wildman–Crippen LogP) is 4.00. The number of hydrogen-bond acceptors (Lipinski definition) is 4. The third-order valence-corrected chi connectivity index (χ3v) is 5.28. The van der Waals surface area contributed by atoms with Gasteiger partial charge in [-0.3, -0.25) is 4.79 Å². The number of benzene rings is 3. The number of carbonyl (C=O) groups excluding carboxylic acids is 1. The van der Waals surface area contributed by atoms with Crippen LogP contribution in [0.1, 0.15) is 11.1 Å². The Balaban J connectivity index is 1.47. The zero-order valence-electron chi connectivity index (χ0n) is 14.0. The molecule has 0 radical (unpaired) electrons. The highest BCUT2D eigenvalue weighted by Gasteiger charge is 2.30. The lowest BCUT2D eigenvalue weighted by Gasteiger charge is -2.04. The molecule has 1 fully saturated rings. The molecular formula is C21H17N3OS. The van der Waals surface area contributed by atoms with Gasteiger partial charge < -0.3 is 5.32 Å². The van der Waals surface area contributed by atoms with E-state index in [0.29, 0.717) is 11.6 Å². The Morgan fingerprint density at radius 1 is 0.962 bits per heavy atom. The summed E-state index contributed by atoms with van der Waals surface area (Å²) in [7, 11) is 0. The summed E-state index contributed by atoms with van der Waals surface area (Å²) in [5.74, 6) is -0.0158. The minimum absolute atomic E-state index is 0.0158. The van der Waals surface area contributed by atoms with E-state index in [1.165, 1.54) is 11.8 Å². The van der Waals surface area contributed by atoms with E-state index in [9.17, 15) is 4.79 Å². The second kappa shape index (κ2) is 7.54. The van der Waals surface area contributed by atoms with Crippen molar-refractivity contribution in [2.24, 2.45) is 10.2 Å². The van der Waals surface area contributed by atoms with Gasteiger partial charge in [-0.05, 0) is 22.8 Å². The van der Waals surface area contributed by atoms with E-state index < -0.39 is 0 Å². The van der Waals surface area contributed by atoms with Gasteiger partial charge in [0.15, 0.2) is 5.17 Å². The van der Waals surface area contributed by atoms with Crippen molar-refractivity contribution < 1.29 is 4.79 Å². The maximum atomic E-state index is 12.1. The van der Waals surface area contributed by atoms with Crippen molar-refractivity contribution in [2.45, 2.75) is 11.7 Å². The second-order valence-corrected chi connectivity index (χ2v) is 7.20. The summed E-state index contributed by atoms with van der Waals surface area (Å²) < 4.78 is 0. The van der Waals surface area contributed by atoms with E-state index in [-0.39, 0.29) is 11.2 Å². The van der Waals surface area contributed by atoms with Gasteiger partial charge in [0.25, 0.3) is 0 Å². The first-order valence-corrected chi connectivity index (χ1v) is 9.28. The van der Waals surface area contributed by atoms with Crippen LogP contribution in [0.4, 0.5) is 0 Å². The van der Waals surface area contributed by atoms with E-state index in [1.807, 2.05) is 54.6 Å². The zero-order chi connectivity index (χ0) is 17.8. The van der Waals surface area contributed by atoms with Crippen LogP contribution in [0, 0.1) is 0 Å². The second-order valence-electron chi connectivity index (χ2n) is 6.00. The number of amides is 1. The number of amidine groups is 1. The lowest BCUT2D eigenvalue weighted by Crippen LogP contribution is -2.25. The highest BCUT2D eigenvalue weighted by Crippen LogP contribution is 2.23. The fourth-order valence-electron chi connectivity index (χ4n) is 2.92. The van der Waals surface area contributed by atoms with Gasteiger partial charge in [-0.25, -0.2) is 0 Å². The Bertz CT molecular complexity index is 993. The first-order valence-electron chi connectivity index (χ1n) is 8.40. The molecule has 0 spiro atoms. The van der Waals surface area contributed by atoms with Crippen LogP contribution >= 0.6 is 11.8 Å².